The number of anilines is 1. The summed E-state index contributed by atoms with van der Waals surface area (Å²) >= 11 is 7.23. The summed E-state index contributed by atoms with van der Waals surface area (Å²) in [4.78, 5) is 30.2. The number of aromatic nitrogens is 2. The first-order valence-electron chi connectivity index (χ1n) is 9.87. The fourth-order valence-corrected chi connectivity index (χ4v) is 4.02. The third kappa shape index (κ3) is 6.00. The summed E-state index contributed by atoms with van der Waals surface area (Å²) in [5.74, 6) is 0.333. The van der Waals surface area contributed by atoms with Crippen molar-refractivity contribution in [2.45, 2.75) is 25.0 Å². The maximum Gasteiger partial charge on any atom is 0.262 e. The number of amides is 1. The van der Waals surface area contributed by atoms with Crippen molar-refractivity contribution >= 4 is 45.9 Å². The topological polar surface area (TPSA) is 82.4 Å². The minimum atomic E-state index is -0.256. The van der Waals surface area contributed by atoms with Gasteiger partial charge in [0.25, 0.3) is 5.56 Å². The van der Waals surface area contributed by atoms with Crippen molar-refractivity contribution in [3.63, 3.8) is 0 Å². The molecule has 0 aliphatic heterocycles. The minimum absolute atomic E-state index is 0.0753. The summed E-state index contributed by atoms with van der Waals surface area (Å²) in [7, 11) is 1.52. The normalized spacial score (nSPS) is 10.9. The van der Waals surface area contributed by atoms with Crippen molar-refractivity contribution in [3.8, 4) is 5.75 Å². The van der Waals surface area contributed by atoms with E-state index in [1.54, 1.807) is 34.9 Å². The molecule has 0 aliphatic carbocycles. The van der Waals surface area contributed by atoms with Crippen LogP contribution in [-0.4, -0.2) is 41.5 Å². The van der Waals surface area contributed by atoms with Crippen molar-refractivity contribution in [1.82, 2.24) is 9.55 Å². The zero-order chi connectivity index (χ0) is 22.2. The van der Waals surface area contributed by atoms with E-state index < -0.39 is 0 Å². The molecular formula is C22H24ClN3O4S. The van der Waals surface area contributed by atoms with Crippen molar-refractivity contribution in [1.29, 1.82) is 0 Å². The molecule has 3 rings (SSSR count). The van der Waals surface area contributed by atoms with E-state index in [1.807, 2.05) is 19.1 Å². The van der Waals surface area contributed by atoms with Gasteiger partial charge in [0.2, 0.25) is 5.91 Å². The maximum absolute atomic E-state index is 13.0. The number of rotatable bonds is 10. The number of halogens is 1. The van der Waals surface area contributed by atoms with Gasteiger partial charge in [0.1, 0.15) is 5.75 Å². The van der Waals surface area contributed by atoms with Crippen LogP contribution in [-0.2, 0) is 16.1 Å². The Morgan fingerprint density at radius 1 is 1.26 bits per heavy atom. The first kappa shape index (κ1) is 23.1. The lowest BCUT2D eigenvalue weighted by Crippen LogP contribution is -2.25. The second-order valence-corrected chi connectivity index (χ2v) is 7.98. The number of carbonyl (C=O) groups excluding carboxylic acids is 1. The summed E-state index contributed by atoms with van der Waals surface area (Å²) in [5, 5.41) is 4.33. The molecule has 1 N–H and O–H groups in total. The Bertz CT molecular complexity index is 1120. The van der Waals surface area contributed by atoms with Crippen molar-refractivity contribution in [2.75, 3.05) is 31.4 Å². The molecule has 0 aliphatic rings. The predicted molar refractivity (Wildman–Crippen MR) is 124 cm³/mol. The van der Waals surface area contributed by atoms with Crippen LogP contribution in [0.4, 0.5) is 5.69 Å². The molecule has 0 fully saturated rings. The minimum Gasteiger partial charge on any atom is -0.495 e. The van der Waals surface area contributed by atoms with E-state index in [2.05, 4.69) is 10.3 Å². The van der Waals surface area contributed by atoms with Crippen LogP contribution in [0.5, 0.6) is 5.75 Å². The molecule has 0 unspecified atom stereocenters. The highest BCUT2D eigenvalue weighted by Crippen LogP contribution is 2.28. The molecule has 1 heterocycles. The smallest absolute Gasteiger partial charge is 0.262 e. The molecule has 1 amide bonds. The van der Waals surface area contributed by atoms with Gasteiger partial charge in [-0.25, -0.2) is 4.98 Å². The van der Waals surface area contributed by atoms with Crippen LogP contribution in [0.15, 0.2) is 52.4 Å². The van der Waals surface area contributed by atoms with E-state index in [-0.39, 0.29) is 17.2 Å². The third-order valence-electron chi connectivity index (χ3n) is 4.47. The number of hydrogen-bond donors (Lipinski definition) is 1. The van der Waals surface area contributed by atoms with Crippen LogP contribution >= 0.6 is 23.4 Å². The van der Waals surface area contributed by atoms with Crippen LogP contribution in [0, 0.1) is 0 Å². The largest absolute Gasteiger partial charge is 0.495 e. The van der Waals surface area contributed by atoms with Crippen molar-refractivity contribution < 1.29 is 14.3 Å². The van der Waals surface area contributed by atoms with Crippen LogP contribution < -0.4 is 15.6 Å². The highest BCUT2D eigenvalue weighted by Gasteiger charge is 2.14. The molecule has 0 bridgehead atoms. The highest BCUT2D eigenvalue weighted by molar-refractivity contribution is 7.99. The number of methoxy groups -OCH3 is 1. The lowest BCUT2D eigenvalue weighted by Gasteiger charge is -2.14. The highest BCUT2D eigenvalue weighted by atomic mass is 35.5. The summed E-state index contributed by atoms with van der Waals surface area (Å²) in [6.07, 6.45) is 0.674. The molecule has 3 aromatic rings. The van der Waals surface area contributed by atoms with Gasteiger partial charge in [-0.05, 0) is 43.7 Å². The van der Waals surface area contributed by atoms with Gasteiger partial charge in [0.05, 0.1) is 29.5 Å². The number of thioether (sulfide) groups is 1. The monoisotopic (exact) mass is 461 g/mol. The molecule has 164 valence electrons. The number of fused-ring (bicyclic) bond motifs is 1. The summed E-state index contributed by atoms with van der Waals surface area (Å²) in [5.41, 5.74) is 0.968. The van der Waals surface area contributed by atoms with Gasteiger partial charge < -0.3 is 14.8 Å². The molecule has 0 atom stereocenters. The van der Waals surface area contributed by atoms with Gasteiger partial charge in [0, 0.05) is 24.8 Å². The fraction of sp³-hybridized carbons (Fsp3) is 0.318. The first-order valence-corrected chi connectivity index (χ1v) is 11.2. The van der Waals surface area contributed by atoms with Crippen LogP contribution in [0.2, 0.25) is 5.02 Å². The maximum atomic E-state index is 13.0. The molecule has 31 heavy (non-hydrogen) atoms. The number of ether oxygens (including phenoxy) is 2. The number of hydrogen-bond acceptors (Lipinski definition) is 6. The Labute approximate surface area is 189 Å². The Hall–Kier alpha value is -2.55. The molecule has 0 saturated heterocycles. The SMILES string of the molecule is CCOCCCn1c(SCC(=O)Nc2cc(Cl)ccc2OC)nc2ccccc2c1=O. The van der Waals surface area contributed by atoms with Gasteiger partial charge in [-0.3, -0.25) is 14.2 Å². The van der Waals surface area contributed by atoms with E-state index in [4.69, 9.17) is 21.1 Å². The zero-order valence-corrected chi connectivity index (χ0v) is 19.0. The van der Waals surface area contributed by atoms with E-state index >= 15 is 0 Å². The van der Waals surface area contributed by atoms with E-state index in [0.717, 1.165) is 0 Å². The molecule has 2 aromatic carbocycles. The Morgan fingerprint density at radius 2 is 2.06 bits per heavy atom. The Kier molecular flexibility index (Phi) is 8.34. The number of benzene rings is 2. The number of carbonyl (C=O) groups is 1. The summed E-state index contributed by atoms with van der Waals surface area (Å²) in [6.45, 7) is 3.57. The zero-order valence-electron chi connectivity index (χ0n) is 17.4. The van der Waals surface area contributed by atoms with Gasteiger partial charge in [-0.1, -0.05) is 35.5 Å². The lowest BCUT2D eigenvalue weighted by atomic mass is 10.2. The Balaban J connectivity index is 1.79. The van der Waals surface area contributed by atoms with Gasteiger partial charge in [-0.2, -0.15) is 0 Å². The fourth-order valence-electron chi connectivity index (χ4n) is 3.02. The lowest BCUT2D eigenvalue weighted by molar-refractivity contribution is -0.113. The molecule has 0 radical (unpaired) electrons. The number of para-hydroxylation sites is 1. The molecule has 0 saturated carbocycles. The van der Waals surface area contributed by atoms with E-state index in [1.165, 1.54) is 18.9 Å². The third-order valence-corrected chi connectivity index (χ3v) is 5.68. The molecule has 9 heteroatoms. The Morgan fingerprint density at radius 3 is 2.84 bits per heavy atom. The molecule has 1 aromatic heterocycles. The predicted octanol–water partition coefficient (Wildman–Crippen LogP) is 4.22. The van der Waals surface area contributed by atoms with Crippen molar-refractivity contribution in [3.05, 3.63) is 57.8 Å². The number of nitrogens with zero attached hydrogens (tertiary/aromatic N) is 2. The standard InChI is InChI=1S/C22H24ClN3O4S/c1-3-30-12-6-11-26-21(28)16-7-4-5-8-17(16)25-22(26)31-14-20(27)24-18-13-15(23)9-10-19(18)29-2/h4-5,7-10,13H,3,6,11-12,14H2,1-2H3,(H,24,27). The van der Waals surface area contributed by atoms with Crippen LogP contribution in [0.1, 0.15) is 13.3 Å². The molecule has 7 nitrogen and oxygen atoms in total. The van der Waals surface area contributed by atoms with E-state index in [0.29, 0.717) is 58.7 Å². The van der Waals surface area contributed by atoms with E-state index in [9.17, 15) is 9.59 Å². The van der Waals surface area contributed by atoms with Crippen LogP contribution in [0.25, 0.3) is 10.9 Å². The number of nitrogens with one attached hydrogen (secondary N) is 1. The summed E-state index contributed by atoms with van der Waals surface area (Å²) < 4.78 is 12.3. The average molecular weight is 462 g/mol. The second kappa shape index (κ2) is 11.2. The van der Waals surface area contributed by atoms with Gasteiger partial charge in [0.15, 0.2) is 5.16 Å². The van der Waals surface area contributed by atoms with Crippen molar-refractivity contribution in [2.24, 2.45) is 0 Å². The summed E-state index contributed by atoms with van der Waals surface area (Å²) in [6, 6.07) is 12.2. The average Bonchev–Trinajstić information content (AvgIpc) is 2.77. The molecule has 0 spiro atoms. The molecular weight excluding hydrogens is 438 g/mol. The van der Waals surface area contributed by atoms with Crippen LogP contribution in [0.3, 0.4) is 0 Å². The van der Waals surface area contributed by atoms with Gasteiger partial charge in [-0.15, -0.1) is 0 Å². The first-order chi connectivity index (χ1) is 15.0. The quantitative estimate of drug-likeness (QED) is 0.276. The second-order valence-electron chi connectivity index (χ2n) is 6.60. The van der Waals surface area contributed by atoms with Gasteiger partial charge >= 0.3 is 0 Å².